The fourth-order valence-electron chi connectivity index (χ4n) is 5.18. The number of Topliss-reactive ketones (excluding diaryl/α,β-unsaturated/α-hetero) is 1. The van der Waals surface area contributed by atoms with Gasteiger partial charge in [-0.3, -0.25) is 29.3 Å². The van der Waals surface area contributed by atoms with Crippen molar-refractivity contribution in [2.75, 3.05) is 20.0 Å². The smallest absolute Gasteiger partial charge is 0.244 e. The van der Waals surface area contributed by atoms with Crippen LogP contribution in [0.25, 0.3) is 6.08 Å². The molecule has 1 fully saturated rings. The van der Waals surface area contributed by atoms with Gasteiger partial charge in [0.1, 0.15) is 19.1 Å². The Morgan fingerprint density at radius 2 is 1.58 bits per heavy atom. The van der Waals surface area contributed by atoms with Gasteiger partial charge in [-0.1, -0.05) is 32.9 Å². The average Bonchev–Trinajstić information content (AvgIpc) is 3.56. The first-order valence-corrected chi connectivity index (χ1v) is 14.1. The Morgan fingerprint density at radius 1 is 0.907 bits per heavy atom. The Hall–Kier alpha value is -4.87. The van der Waals surface area contributed by atoms with Crippen LogP contribution in [0.5, 0.6) is 23.0 Å². The van der Waals surface area contributed by atoms with Gasteiger partial charge < -0.3 is 29.6 Å². The highest BCUT2D eigenvalue weighted by Gasteiger charge is 2.46. The molecule has 3 aliphatic rings. The molecule has 12 nitrogen and oxygen atoms in total. The second-order valence-corrected chi connectivity index (χ2v) is 10.9. The quantitative estimate of drug-likeness (QED) is 0.214. The van der Waals surface area contributed by atoms with Crippen LogP contribution < -0.4 is 34.9 Å². The number of fused-ring (bicyclic) bond motifs is 2. The Kier molecular flexibility index (Phi) is 8.65. The molecular weight excluding hydrogens is 558 g/mol. The summed E-state index contributed by atoms with van der Waals surface area (Å²) in [4.78, 5) is 64.0. The largest absolute Gasteiger partial charge is 0.486 e. The lowest BCUT2D eigenvalue weighted by atomic mass is 9.85. The molecule has 1 unspecified atom stereocenters. The maximum absolute atomic E-state index is 13.4. The Balaban J connectivity index is 1.33. The first kappa shape index (κ1) is 29.6. The van der Waals surface area contributed by atoms with Crippen LogP contribution in [-0.4, -0.2) is 55.5 Å². The van der Waals surface area contributed by atoms with Crippen LogP contribution in [0.3, 0.4) is 0 Å². The fourth-order valence-corrected chi connectivity index (χ4v) is 5.18. The molecule has 226 valence electrons. The fraction of sp³-hybridized carbons (Fsp3) is 0.387. The lowest BCUT2D eigenvalue weighted by Crippen LogP contribution is -2.49. The summed E-state index contributed by atoms with van der Waals surface area (Å²) in [6, 6.07) is 8.61. The molecular formula is C31H33N3O9. The number of benzene rings is 2. The molecule has 12 heteroatoms. The predicted octanol–water partition coefficient (Wildman–Crippen LogP) is 2.07. The zero-order valence-electron chi connectivity index (χ0n) is 24.0. The number of carbonyl (C=O) groups excluding carboxylic acids is 5. The van der Waals surface area contributed by atoms with E-state index in [2.05, 4.69) is 16.0 Å². The second kappa shape index (κ2) is 12.6. The summed E-state index contributed by atoms with van der Waals surface area (Å²) in [5.41, 5.74) is 1.31. The minimum absolute atomic E-state index is 0.135. The van der Waals surface area contributed by atoms with Crippen LogP contribution in [0, 0.1) is 17.8 Å². The molecule has 2 aromatic carbocycles. The van der Waals surface area contributed by atoms with E-state index in [1.54, 1.807) is 56.3 Å². The molecule has 3 heterocycles. The summed E-state index contributed by atoms with van der Waals surface area (Å²) in [5, 5.41) is 7.78. The van der Waals surface area contributed by atoms with Gasteiger partial charge in [0.15, 0.2) is 28.8 Å². The van der Waals surface area contributed by atoms with Crippen LogP contribution in [0.4, 0.5) is 0 Å². The highest BCUT2D eigenvalue weighted by atomic mass is 16.7. The molecule has 0 spiro atoms. The third-order valence-electron chi connectivity index (χ3n) is 7.54. The van der Waals surface area contributed by atoms with E-state index in [1.165, 1.54) is 13.0 Å². The number of hydrogen-bond donors (Lipinski definition) is 3. The van der Waals surface area contributed by atoms with Crippen LogP contribution in [0.2, 0.25) is 0 Å². The third-order valence-corrected chi connectivity index (χ3v) is 7.54. The van der Waals surface area contributed by atoms with Gasteiger partial charge in [0.2, 0.25) is 30.4 Å². The predicted molar refractivity (Wildman–Crippen MR) is 152 cm³/mol. The van der Waals surface area contributed by atoms with Crippen molar-refractivity contribution in [2.45, 2.75) is 39.3 Å². The van der Waals surface area contributed by atoms with E-state index in [4.69, 9.17) is 18.9 Å². The topological polar surface area (TPSA) is 158 Å². The Morgan fingerprint density at radius 3 is 2.30 bits per heavy atom. The minimum Gasteiger partial charge on any atom is -0.486 e. The molecule has 0 saturated carbocycles. The van der Waals surface area contributed by atoms with Gasteiger partial charge in [0, 0.05) is 6.08 Å². The van der Waals surface area contributed by atoms with Crippen LogP contribution in [0.1, 0.15) is 44.4 Å². The third kappa shape index (κ3) is 6.63. The van der Waals surface area contributed by atoms with Crippen molar-refractivity contribution < 1.29 is 42.9 Å². The number of hydrogen-bond acceptors (Lipinski definition) is 9. The molecule has 3 aliphatic heterocycles. The van der Waals surface area contributed by atoms with E-state index in [-0.39, 0.29) is 19.1 Å². The summed E-state index contributed by atoms with van der Waals surface area (Å²) in [6.45, 7) is 5.89. The van der Waals surface area contributed by atoms with Crippen LogP contribution in [-0.2, 0) is 24.0 Å². The summed E-state index contributed by atoms with van der Waals surface area (Å²) >= 11 is 0. The first-order valence-electron chi connectivity index (χ1n) is 14.1. The number of ether oxygens (including phenoxy) is 4. The zero-order valence-corrected chi connectivity index (χ0v) is 24.0. The highest BCUT2D eigenvalue weighted by Crippen LogP contribution is 2.34. The minimum atomic E-state index is -1.19. The van der Waals surface area contributed by atoms with Crippen molar-refractivity contribution in [2.24, 2.45) is 17.8 Å². The maximum atomic E-state index is 13.4. The molecule has 4 atom stereocenters. The van der Waals surface area contributed by atoms with Crippen LogP contribution in [0.15, 0.2) is 42.5 Å². The normalized spacial score (nSPS) is 20.1. The van der Waals surface area contributed by atoms with Gasteiger partial charge in [-0.05, 0) is 47.4 Å². The summed E-state index contributed by atoms with van der Waals surface area (Å²) in [7, 11) is 0. The molecule has 2 aromatic rings. The van der Waals surface area contributed by atoms with E-state index in [9.17, 15) is 24.0 Å². The SMILES string of the molecule is CC(C)[C@H](NC(=O)CC(NC(=O)C=Cc1ccc2c(c1)OCO2)c1ccc2c(c1)OCCO2)C(=O)[C@@H]1C(=O)NC(=O)[C@H]1C. The molecule has 0 radical (unpaired) electrons. The molecule has 0 aliphatic carbocycles. The summed E-state index contributed by atoms with van der Waals surface area (Å²) in [6.07, 6.45) is 2.74. The van der Waals surface area contributed by atoms with Crippen molar-refractivity contribution in [3.05, 3.63) is 53.6 Å². The molecule has 3 N–H and O–H groups in total. The van der Waals surface area contributed by atoms with Gasteiger partial charge in [0.25, 0.3) is 0 Å². The van der Waals surface area contributed by atoms with Crippen LogP contribution >= 0.6 is 0 Å². The lowest BCUT2D eigenvalue weighted by Gasteiger charge is -2.26. The van der Waals surface area contributed by atoms with Gasteiger partial charge in [-0.25, -0.2) is 0 Å². The molecule has 0 bridgehead atoms. The van der Waals surface area contributed by atoms with Gasteiger partial charge in [0.05, 0.1) is 24.4 Å². The number of nitrogens with one attached hydrogen (secondary N) is 3. The van der Waals surface area contributed by atoms with Gasteiger partial charge >= 0.3 is 0 Å². The molecule has 4 amide bonds. The molecule has 0 aromatic heterocycles. The molecule has 1 saturated heterocycles. The van der Waals surface area contributed by atoms with Gasteiger partial charge in [-0.15, -0.1) is 0 Å². The monoisotopic (exact) mass is 591 g/mol. The number of ketones is 1. The first-order chi connectivity index (χ1) is 20.6. The number of rotatable bonds is 10. The van der Waals surface area contributed by atoms with E-state index >= 15 is 0 Å². The zero-order chi connectivity index (χ0) is 30.7. The van der Waals surface area contributed by atoms with Gasteiger partial charge in [-0.2, -0.15) is 0 Å². The van der Waals surface area contributed by atoms with E-state index in [0.29, 0.717) is 41.8 Å². The second-order valence-electron chi connectivity index (χ2n) is 10.9. The van der Waals surface area contributed by atoms with E-state index in [0.717, 1.165) is 5.56 Å². The number of carbonyl (C=O) groups is 5. The van der Waals surface area contributed by atoms with E-state index < -0.39 is 53.3 Å². The number of amides is 4. The average molecular weight is 592 g/mol. The van der Waals surface area contributed by atoms with Crippen molar-refractivity contribution >= 4 is 35.5 Å². The number of imide groups is 1. The molecule has 5 rings (SSSR count). The van der Waals surface area contributed by atoms with Crippen molar-refractivity contribution in [1.29, 1.82) is 0 Å². The van der Waals surface area contributed by atoms with Crippen molar-refractivity contribution in [3.8, 4) is 23.0 Å². The Bertz CT molecular complexity index is 1480. The maximum Gasteiger partial charge on any atom is 0.244 e. The Labute approximate surface area is 248 Å². The summed E-state index contributed by atoms with van der Waals surface area (Å²) < 4.78 is 22.0. The van der Waals surface area contributed by atoms with Crippen molar-refractivity contribution in [3.63, 3.8) is 0 Å². The lowest BCUT2D eigenvalue weighted by molar-refractivity contribution is -0.137. The van der Waals surface area contributed by atoms with Crippen molar-refractivity contribution in [1.82, 2.24) is 16.0 Å². The highest BCUT2D eigenvalue weighted by molar-refractivity contribution is 6.16. The molecule has 43 heavy (non-hydrogen) atoms. The summed E-state index contributed by atoms with van der Waals surface area (Å²) in [5.74, 6) is -2.85. The standard InChI is InChI=1S/C31H33N3O9/c1-16(2)28(29(37)27-17(3)30(38)34-31(27)39)33-26(36)14-20(19-6-8-21-24(13-19)41-11-10-40-21)32-25(35)9-5-18-4-7-22-23(12-18)43-15-42-22/h4-9,12-13,16-17,20,27-28H,10-11,14-15H2,1-3H3,(H,32,35)(H,33,36)(H,34,38,39)/t17-,20?,27+,28-/m0/s1. The van der Waals surface area contributed by atoms with E-state index in [1.807, 2.05) is 0 Å².